The van der Waals surface area contributed by atoms with E-state index >= 15 is 0 Å². The van der Waals surface area contributed by atoms with Crippen LogP contribution in [0.2, 0.25) is 0 Å². The van der Waals surface area contributed by atoms with Crippen LogP contribution in [0.5, 0.6) is 0 Å². The molecule has 0 saturated carbocycles. The third-order valence-corrected chi connectivity index (χ3v) is 2.38. The maximum absolute atomic E-state index is 4.45. The molecular weight excluding hydrogens is 212 g/mol. The first-order valence-electron chi connectivity index (χ1n) is 4.76. The number of benzene rings is 1. The van der Waals surface area contributed by atoms with Crippen molar-refractivity contribution in [2.45, 2.75) is 0 Å². The lowest BCUT2D eigenvalue weighted by Crippen LogP contribution is -3.00. The van der Waals surface area contributed by atoms with Gasteiger partial charge in [0.2, 0.25) is 0 Å². The number of hydrogen-bond acceptors (Lipinski definition) is 2. The molecule has 15 heavy (non-hydrogen) atoms. The minimum atomic E-state index is 0. The van der Waals surface area contributed by atoms with E-state index in [4.69, 9.17) is 0 Å². The molecule has 4 nitrogen and oxygen atoms in total. The molecule has 3 rings (SSSR count). The van der Waals surface area contributed by atoms with Crippen molar-refractivity contribution in [2.24, 2.45) is 4.99 Å². The summed E-state index contributed by atoms with van der Waals surface area (Å²) in [5, 5.41) is 7.73. The summed E-state index contributed by atoms with van der Waals surface area (Å²) in [7, 11) is 0. The van der Waals surface area contributed by atoms with Crippen molar-refractivity contribution in [3.63, 3.8) is 0 Å². The Morgan fingerprint density at radius 3 is 2.87 bits per heavy atom. The zero-order valence-corrected chi connectivity index (χ0v) is 8.85. The van der Waals surface area contributed by atoms with Gasteiger partial charge < -0.3 is 12.4 Å². The quantitative estimate of drug-likeness (QED) is 0.502. The van der Waals surface area contributed by atoms with Gasteiger partial charge in [0.15, 0.2) is 0 Å². The summed E-state index contributed by atoms with van der Waals surface area (Å²) in [6.45, 7) is 1.93. The van der Waals surface area contributed by atoms with E-state index in [1.807, 2.05) is 29.1 Å². The van der Waals surface area contributed by atoms with Gasteiger partial charge in [-0.15, -0.1) is 0 Å². The Morgan fingerprint density at radius 1 is 1.27 bits per heavy atom. The van der Waals surface area contributed by atoms with Gasteiger partial charge in [0.05, 0.1) is 12.1 Å². The van der Waals surface area contributed by atoms with Crippen LogP contribution >= 0.6 is 0 Å². The molecule has 2 aromatic rings. The fraction of sp³-hybridized carbons (Fsp3) is 0.200. The van der Waals surface area contributed by atoms with Crippen LogP contribution in [-0.4, -0.2) is 28.8 Å². The van der Waals surface area contributed by atoms with Crippen molar-refractivity contribution in [2.75, 3.05) is 13.1 Å². The molecule has 0 spiro atoms. The van der Waals surface area contributed by atoms with E-state index in [1.165, 1.54) is 0 Å². The van der Waals surface area contributed by atoms with Crippen LogP contribution in [0.4, 0.5) is 0 Å². The zero-order valence-electron chi connectivity index (χ0n) is 8.10. The maximum atomic E-state index is 4.45. The normalized spacial score (nSPS) is 15.1. The van der Waals surface area contributed by atoms with Crippen molar-refractivity contribution in [3.8, 4) is 0 Å². The molecule has 0 atom stereocenters. The lowest BCUT2D eigenvalue weighted by Gasteiger charge is -1.93. The Kier molecular flexibility index (Phi) is 2.70. The Hall–Kier alpha value is -1.39. The SMILES string of the molecule is [Cl-].c1ccc2nn(C3=NCC[NH2+]3)cc2c1. The molecule has 0 aliphatic carbocycles. The molecule has 0 fully saturated rings. The molecule has 1 aromatic heterocycles. The molecule has 0 bridgehead atoms. The summed E-state index contributed by atoms with van der Waals surface area (Å²) in [4.78, 5) is 4.36. The van der Waals surface area contributed by atoms with Crippen LogP contribution in [0.3, 0.4) is 0 Å². The lowest BCUT2D eigenvalue weighted by atomic mass is 10.3. The van der Waals surface area contributed by atoms with E-state index in [9.17, 15) is 0 Å². The van der Waals surface area contributed by atoms with Crippen LogP contribution in [0.15, 0.2) is 35.5 Å². The molecule has 1 aliphatic heterocycles. The van der Waals surface area contributed by atoms with Crippen LogP contribution in [0.1, 0.15) is 0 Å². The highest BCUT2D eigenvalue weighted by Crippen LogP contribution is 2.10. The first-order valence-corrected chi connectivity index (χ1v) is 4.76. The molecule has 0 amide bonds. The third kappa shape index (κ3) is 1.73. The van der Waals surface area contributed by atoms with Gasteiger partial charge in [0.1, 0.15) is 6.54 Å². The number of aliphatic imine (C=N–C) groups is 1. The Labute approximate surface area is 93.4 Å². The van der Waals surface area contributed by atoms with Crippen molar-refractivity contribution >= 4 is 16.9 Å². The first kappa shape index (κ1) is 10.1. The van der Waals surface area contributed by atoms with Gasteiger partial charge >= 0.3 is 5.96 Å². The predicted molar refractivity (Wildman–Crippen MR) is 54.2 cm³/mol. The fourth-order valence-electron chi connectivity index (χ4n) is 1.69. The number of rotatable bonds is 0. The number of halogens is 1. The Balaban J connectivity index is 0.000000853. The van der Waals surface area contributed by atoms with Gasteiger partial charge in [-0.1, -0.05) is 18.2 Å². The summed E-state index contributed by atoms with van der Waals surface area (Å²) >= 11 is 0. The van der Waals surface area contributed by atoms with Crippen molar-refractivity contribution in [1.29, 1.82) is 0 Å². The Bertz CT molecular complexity index is 470. The van der Waals surface area contributed by atoms with E-state index in [1.54, 1.807) is 0 Å². The van der Waals surface area contributed by atoms with E-state index in [0.717, 1.165) is 30.0 Å². The van der Waals surface area contributed by atoms with Gasteiger partial charge in [-0.3, -0.25) is 5.32 Å². The van der Waals surface area contributed by atoms with Crippen LogP contribution in [0.25, 0.3) is 10.9 Å². The van der Waals surface area contributed by atoms with Crippen LogP contribution in [0, 0.1) is 0 Å². The van der Waals surface area contributed by atoms with Crippen molar-refractivity contribution in [1.82, 2.24) is 9.78 Å². The molecule has 0 unspecified atom stereocenters. The van der Waals surface area contributed by atoms with Gasteiger partial charge in [-0.05, 0) is 6.07 Å². The van der Waals surface area contributed by atoms with Crippen LogP contribution in [-0.2, 0) is 0 Å². The smallest absolute Gasteiger partial charge is 0.322 e. The average Bonchev–Trinajstić information content (AvgIpc) is 2.86. The lowest BCUT2D eigenvalue weighted by molar-refractivity contribution is -0.532. The molecule has 1 aromatic carbocycles. The summed E-state index contributed by atoms with van der Waals surface area (Å²) in [5.74, 6) is 0.973. The molecule has 0 saturated heterocycles. The molecular formula is C10H11ClN4. The summed E-state index contributed by atoms with van der Waals surface area (Å²) in [5.41, 5.74) is 1.02. The van der Waals surface area contributed by atoms with Gasteiger partial charge in [0.25, 0.3) is 0 Å². The summed E-state index contributed by atoms with van der Waals surface area (Å²) in [6, 6.07) is 8.10. The van der Waals surface area contributed by atoms with Gasteiger partial charge in [0, 0.05) is 11.6 Å². The molecule has 2 heterocycles. The van der Waals surface area contributed by atoms with Gasteiger partial charge in [-0.25, -0.2) is 4.99 Å². The minimum absolute atomic E-state index is 0. The van der Waals surface area contributed by atoms with E-state index in [-0.39, 0.29) is 12.4 Å². The van der Waals surface area contributed by atoms with Crippen LogP contribution < -0.4 is 17.7 Å². The third-order valence-electron chi connectivity index (χ3n) is 2.38. The standard InChI is InChI=1S/C10H10N4.ClH/c1-2-4-9-8(3-1)7-14(13-9)10-11-5-6-12-10;/h1-4,7H,5-6H2,(H,11,12);1H. The molecule has 78 valence electrons. The molecule has 0 radical (unpaired) electrons. The molecule has 1 aliphatic rings. The molecule has 2 N–H and O–H groups in total. The number of nitrogens with two attached hydrogens (primary N) is 1. The number of fused-ring (bicyclic) bond motifs is 1. The highest BCUT2D eigenvalue weighted by molar-refractivity contribution is 5.83. The van der Waals surface area contributed by atoms with Crippen molar-refractivity contribution in [3.05, 3.63) is 30.5 Å². The maximum Gasteiger partial charge on any atom is 0.322 e. The number of hydrogen-bond donors (Lipinski definition) is 1. The predicted octanol–water partition coefficient (Wildman–Crippen LogP) is -3.18. The second kappa shape index (κ2) is 4.00. The second-order valence-electron chi connectivity index (χ2n) is 3.37. The topological polar surface area (TPSA) is 46.8 Å². The number of nitrogens with zero attached hydrogens (tertiary/aromatic N) is 3. The summed E-state index contributed by atoms with van der Waals surface area (Å²) in [6.07, 6.45) is 2.02. The summed E-state index contributed by atoms with van der Waals surface area (Å²) < 4.78 is 1.86. The first-order chi connectivity index (χ1) is 6.93. The highest BCUT2D eigenvalue weighted by atomic mass is 35.5. The average molecular weight is 223 g/mol. The van der Waals surface area contributed by atoms with Gasteiger partial charge in [-0.2, -0.15) is 9.78 Å². The van der Waals surface area contributed by atoms with E-state index < -0.39 is 0 Å². The Morgan fingerprint density at radius 2 is 2.13 bits per heavy atom. The second-order valence-corrected chi connectivity index (χ2v) is 3.37. The largest absolute Gasteiger partial charge is 1.00 e. The number of aromatic nitrogens is 2. The monoisotopic (exact) mass is 222 g/mol. The highest BCUT2D eigenvalue weighted by Gasteiger charge is 2.13. The number of quaternary nitrogens is 1. The van der Waals surface area contributed by atoms with E-state index in [2.05, 4.69) is 21.5 Å². The molecule has 5 heteroatoms. The zero-order chi connectivity index (χ0) is 9.38. The minimum Gasteiger partial charge on any atom is -1.00 e. The van der Waals surface area contributed by atoms with Crippen molar-refractivity contribution < 1.29 is 17.7 Å². The van der Waals surface area contributed by atoms with E-state index in [0.29, 0.717) is 0 Å². The fourth-order valence-corrected chi connectivity index (χ4v) is 1.69.